The lowest BCUT2D eigenvalue weighted by Gasteiger charge is -2.40. The first-order valence-electron chi connectivity index (χ1n) is 18.6. The highest BCUT2D eigenvalue weighted by molar-refractivity contribution is 6.31. The number of hydrogen-bond acceptors (Lipinski definition) is 12. The molecule has 12 nitrogen and oxygen atoms in total. The van der Waals surface area contributed by atoms with Crippen molar-refractivity contribution < 1.29 is 59.8 Å². The zero-order valence-corrected chi connectivity index (χ0v) is 32.0. The first kappa shape index (κ1) is 42.3. The number of hydrogen-bond donors (Lipinski definition) is 8. The van der Waals surface area contributed by atoms with Crippen molar-refractivity contribution in [3.63, 3.8) is 0 Å². The summed E-state index contributed by atoms with van der Waals surface area (Å²) in [5, 5.41) is 81.9. The average molecular weight is 816 g/mol. The van der Waals surface area contributed by atoms with Crippen LogP contribution in [0, 0.1) is 0 Å². The first-order valence-corrected chi connectivity index (χ1v) is 19.3. The van der Waals surface area contributed by atoms with Gasteiger partial charge < -0.3 is 59.8 Å². The van der Waals surface area contributed by atoms with E-state index in [1.165, 1.54) is 0 Å². The highest BCUT2D eigenvalue weighted by Gasteiger charge is 2.45. The Bertz CT molecular complexity index is 1720. The molecule has 0 amide bonds. The molecule has 2 heterocycles. The molecule has 0 unspecified atom stereocenters. The van der Waals surface area contributed by atoms with Gasteiger partial charge in [-0.3, -0.25) is 0 Å². The van der Waals surface area contributed by atoms with E-state index in [-0.39, 0.29) is 0 Å². The van der Waals surface area contributed by atoms with Crippen molar-refractivity contribution in [2.45, 2.75) is 86.7 Å². The second-order valence-electron chi connectivity index (χ2n) is 14.2. The summed E-state index contributed by atoms with van der Waals surface area (Å²) >= 11 is 13.0. The molecule has 2 aliphatic rings. The van der Waals surface area contributed by atoms with Crippen LogP contribution in [0.2, 0.25) is 10.0 Å². The van der Waals surface area contributed by atoms with Crippen molar-refractivity contribution in [1.82, 2.24) is 0 Å². The molecule has 8 N–H and O–H groups in total. The van der Waals surface area contributed by atoms with Crippen LogP contribution in [0.3, 0.4) is 0 Å². The maximum Gasteiger partial charge on any atom is 0.119 e. The number of benzene rings is 4. The van der Waals surface area contributed by atoms with Crippen LogP contribution >= 0.6 is 23.2 Å². The Kier molecular flexibility index (Phi) is 14.6. The van der Waals surface area contributed by atoms with E-state index in [1.54, 1.807) is 36.4 Å². The van der Waals surface area contributed by atoms with Gasteiger partial charge in [-0.1, -0.05) is 71.7 Å². The van der Waals surface area contributed by atoms with Crippen LogP contribution in [-0.2, 0) is 22.3 Å². The van der Waals surface area contributed by atoms with Crippen LogP contribution in [0.25, 0.3) is 0 Å². The highest BCUT2D eigenvalue weighted by Crippen LogP contribution is 2.36. The standard InChI is InChI=1S/C42H48Cl2O12/c43-31-13-7-25(41-39(51)37(49)35(47)33(21-45)55-41)19-27(31)17-23-3-9-29(10-4-23)53-15-1-2-16-54-30-11-5-24(6-12-30)18-28-20-26(8-14-32(28)44)42-40(52)38(50)36(48)34(22-46)56-42/h3-14,19-20,33-42,45-52H,1-2,15-18,21-22H2/t33-,34-,35-,36-,37+,38+,39-,40-,41+,42+/m1/s1. The lowest BCUT2D eigenvalue weighted by atomic mass is 9.90. The predicted molar refractivity (Wildman–Crippen MR) is 207 cm³/mol. The average Bonchev–Trinajstić information content (AvgIpc) is 3.20. The smallest absolute Gasteiger partial charge is 0.119 e. The van der Waals surface area contributed by atoms with Crippen molar-refractivity contribution in [2.75, 3.05) is 26.4 Å². The van der Waals surface area contributed by atoms with Gasteiger partial charge in [0.25, 0.3) is 0 Å². The Hall–Kier alpha value is -3.34. The number of unbranched alkanes of at least 4 members (excludes halogenated alkanes) is 1. The minimum absolute atomic E-state index is 0.495. The molecule has 2 aliphatic heterocycles. The second kappa shape index (κ2) is 19.4. The minimum atomic E-state index is -1.47. The van der Waals surface area contributed by atoms with Crippen LogP contribution in [-0.4, -0.2) is 116 Å². The number of halogens is 2. The molecular weight excluding hydrogens is 767 g/mol. The minimum Gasteiger partial charge on any atom is -0.494 e. The molecule has 0 spiro atoms. The van der Waals surface area contributed by atoms with E-state index in [2.05, 4.69) is 0 Å². The summed E-state index contributed by atoms with van der Waals surface area (Å²) in [7, 11) is 0. The molecule has 0 bridgehead atoms. The molecule has 4 aromatic rings. The van der Waals surface area contributed by atoms with E-state index < -0.39 is 74.3 Å². The van der Waals surface area contributed by atoms with Crippen molar-refractivity contribution in [2.24, 2.45) is 0 Å². The van der Waals surface area contributed by atoms with E-state index in [4.69, 9.17) is 42.1 Å². The molecule has 10 atom stereocenters. The normalized spacial score (nSPS) is 27.9. The SMILES string of the molecule is OC[C@H]1O[C@@H](c2ccc(Cl)c(Cc3ccc(OCCCCOc4ccc(Cc5cc([C@@H]6O[C@H](CO)[C@@H](O)[C@H](O)[C@H]6O)ccc5Cl)cc4)cc3)c2)[C@H](O)[C@@H](O)[C@@H]1O. The summed E-state index contributed by atoms with van der Waals surface area (Å²) in [6.45, 7) is 0.0192. The Morgan fingerprint density at radius 1 is 0.482 bits per heavy atom. The van der Waals surface area contributed by atoms with Crippen LogP contribution < -0.4 is 9.47 Å². The fourth-order valence-corrected chi connectivity index (χ4v) is 7.37. The molecule has 2 fully saturated rings. The fraction of sp³-hybridized carbons (Fsp3) is 0.429. The largest absolute Gasteiger partial charge is 0.494 e. The van der Waals surface area contributed by atoms with Gasteiger partial charge in [-0.15, -0.1) is 0 Å². The summed E-state index contributed by atoms with van der Waals surface area (Å²) in [4.78, 5) is 0. The van der Waals surface area contributed by atoms with Crippen molar-refractivity contribution >= 4 is 23.2 Å². The summed E-state index contributed by atoms with van der Waals surface area (Å²) in [5.74, 6) is 1.45. The number of aliphatic hydroxyl groups excluding tert-OH is 8. The molecule has 4 aromatic carbocycles. The molecule has 6 rings (SSSR count). The number of ether oxygens (including phenoxy) is 4. The Balaban J connectivity index is 0.930. The van der Waals surface area contributed by atoms with Crippen LogP contribution in [0.4, 0.5) is 0 Å². The lowest BCUT2D eigenvalue weighted by Crippen LogP contribution is -2.55. The maximum absolute atomic E-state index is 10.5. The van der Waals surface area contributed by atoms with Gasteiger partial charge in [0.05, 0.1) is 26.4 Å². The van der Waals surface area contributed by atoms with Crippen molar-refractivity contribution in [1.29, 1.82) is 0 Å². The van der Waals surface area contributed by atoms with Gasteiger partial charge in [-0.05, 0) is 95.5 Å². The maximum atomic E-state index is 10.5. The molecule has 2 saturated heterocycles. The van der Waals surface area contributed by atoms with Crippen molar-refractivity contribution in [3.05, 3.63) is 128 Å². The van der Waals surface area contributed by atoms with Crippen molar-refractivity contribution in [3.8, 4) is 11.5 Å². The molecule has 302 valence electrons. The monoisotopic (exact) mass is 814 g/mol. The van der Waals surface area contributed by atoms with Gasteiger partial charge >= 0.3 is 0 Å². The number of aliphatic hydroxyl groups is 8. The van der Waals surface area contributed by atoms with Crippen LogP contribution in [0.1, 0.15) is 58.4 Å². The van der Waals surface area contributed by atoms with Crippen LogP contribution in [0.5, 0.6) is 11.5 Å². The predicted octanol–water partition coefficient (Wildman–Crippen LogP) is 3.44. The molecule has 56 heavy (non-hydrogen) atoms. The molecule has 0 radical (unpaired) electrons. The van der Waals surface area contributed by atoms with Gasteiger partial charge in [-0.2, -0.15) is 0 Å². The highest BCUT2D eigenvalue weighted by atomic mass is 35.5. The fourth-order valence-electron chi connectivity index (χ4n) is 7.00. The molecular formula is C42H48Cl2O12. The molecule has 0 aromatic heterocycles. The first-order chi connectivity index (χ1) is 27.0. The van der Waals surface area contributed by atoms with Gasteiger partial charge in [0.15, 0.2) is 0 Å². The van der Waals surface area contributed by atoms with Crippen LogP contribution in [0.15, 0.2) is 84.9 Å². The second-order valence-corrected chi connectivity index (χ2v) is 15.1. The summed E-state index contributed by atoms with van der Waals surface area (Å²) < 4.78 is 23.3. The third-order valence-corrected chi connectivity index (χ3v) is 11.0. The lowest BCUT2D eigenvalue weighted by molar-refractivity contribution is -0.231. The molecule has 0 aliphatic carbocycles. The Morgan fingerprint density at radius 2 is 0.857 bits per heavy atom. The third-order valence-electron chi connectivity index (χ3n) is 10.3. The molecule has 14 heteroatoms. The van der Waals surface area contributed by atoms with Gasteiger partial charge in [-0.25, -0.2) is 0 Å². The van der Waals surface area contributed by atoms with E-state index >= 15 is 0 Å². The Labute approximate surface area is 335 Å². The third kappa shape index (κ3) is 10.0. The summed E-state index contributed by atoms with van der Waals surface area (Å²) in [6.07, 6.45) is -9.87. The quantitative estimate of drug-likeness (QED) is 0.0816. The summed E-state index contributed by atoms with van der Waals surface area (Å²) in [6, 6.07) is 25.7. The van der Waals surface area contributed by atoms with E-state index in [1.807, 2.05) is 48.5 Å². The van der Waals surface area contributed by atoms with E-state index in [0.29, 0.717) is 47.2 Å². The van der Waals surface area contributed by atoms with Gasteiger partial charge in [0, 0.05) is 10.0 Å². The Morgan fingerprint density at radius 3 is 1.21 bits per heavy atom. The van der Waals surface area contributed by atoms with E-state index in [9.17, 15) is 40.9 Å². The topological polar surface area (TPSA) is 199 Å². The van der Waals surface area contributed by atoms with Gasteiger partial charge in [0.2, 0.25) is 0 Å². The number of rotatable bonds is 15. The van der Waals surface area contributed by atoms with E-state index in [0.717, 1.165) is 46.6 Å². The van der Waals surface area contributed by atoms with Gasteiger partial charge in [0.1, 0.15) is 72.5 Å². The summed E-state index contributed by atoms with van der Waals surface area (Å²) in [5.41, 5.74) is 4.68. The zero-order chi connectivity index (χ0) is 39.9. The zero-order valence-electron chi connectivity index (χ0n) is 30.5. The molecule has 0 saturated carbocycles.